The highest BCUT2D eigenvalue weighted by atomic mass is 16.6. The molecule has 0 N–H and O–H groups in total. The Bertz CT molecular complexity index is 1280. The average Bonchev–Trinajstić information content (AvgIpc) is 3.28. The van der Waals surface area contributed by atoms with Gasteiger partial charge in [0, 0.05) is 19.3 Å². The summed E-state index contributed by atoms with van der Waals surface area (Å²) in [4.78, 5) is 38.0. The minimum atomic E-state index is -0.795. The highest BCUT2D eigenvalue weighted by Crippen LogP contribution is 2.15. The van der Waals surface area contributed by atoms with Gasteiger partial charge in [0.25, 0.3) is 0 Å². The van der Waals surface area contributed by atoms with Crippen LogP contribution in [0.2, 0.25) is 0 Å². The lowest BCUT2D eigenvalue weighted by Gasteiger charge is -2.18. The second kappa shape index (κ2) is 51.0. The Balaban J connectivity index is 4.46. The van der Waals surface area contributed by atoms with Gasteiger partial charge >= 0.3 is 17.9 Å². The summed E-state index contributed by atoms with van der Waals surface area (Å²) in [6.07, 6.45) is 66.7. The molecule has 0 aromatic heterocycles. The van der Waals surface area contributed by atoms with Gasteiger partial charge < -0.3 is 14.2 Å². The van der Waals surface area contributed by atoms with Crippen LogP contribution in [0.1, 0.15) is 226 Å². The normalized spacial score (nSPS) is 12.9. The zero-order chi connectivity index (χ0) is 45.8. The SMILES string of the molecule is CC\C=C/C=C\C=C/CCCCCCCC(=O)OCC(COC(=O)CCCCCCC\C=C/C=C\C=C/C=C\C=C/CCC)OC(=O)CCCCCCCCCCCCCCCC. The van der Waals surface area contributed by atoms with Crippen molar-refractivity contribution in [3.8, 4) is 0 Å². The molecule has 0 saturated carbocycles. The van der Waals surface area contributed by atoms with Crippen molar-refractivity contribution in [2.24, 2.45) is 0 Å². The van der Waals surface area contributed by atoms with Gasteiger partial charge in [0.2, 0.25) is 0 Å². The molecule has 0 heterocycles. The van der Waals surface area contributed by atoms with E-state index < -0.39 is 6.10 Å². The largest absolute Gasteiger partial charge is 0.462 e. The third-order valence-corrected chi connectivity index (χ3v) is 10.7. The first-order valence-electron chi connectivity index (χ1n) is 25.8. The van der Waals surface area contributed by atoms with Crippen molar-refractivity contribution >= 4 is 17.9 Å². The summed E-state index contributed by atoms with van der Waals surface area (Å²) >= 11 is 0. The molecule has 0 aliphatic rings. The Morgan fingerprint density at radius 2 is 0.651 bits per heavy atom. The molecule has 0 saturated heterocycles. The van der Waals surface area contributed by atoms with Gasteiger partial charge in [-0.05, 0) is 57.8 Å². The molecule has 0 aromatic carbocycles. The standard InChI is InChI=1S/C57H94O6/c1-4-7-10-13-16-19-22-25-27-28-29-30-33-35-38-41-44-47-50-56(59)62-53-54(52-61-55(58)49-46-43-40-37-34-31-24-21-18-15-12-9-6-3)63-57(60)51-48-45-42-39-36-32-26-23-20-17-14-11-8-5-2/h9-10,12-13,15-16,18-19,21-22,24-25,27-30,54H,4-8,11,14,17,20,23,26,31-53H2,1-3H3/b12-9-,13-10-,18-15-,19-16-,24-21-,25-22-,28-27-,30-29-. The minimum absolute atomic E-state index is 0.0963. The highest BCUT2D eigenvalue weighted by Gasteiger charge is 2.19. The van der Waals surface area contributed by atoms with E-state index >= 15 is 0 Å². The first-order chi connectivity index (χ1) is 31.0. The minimum Gasteiger partial charge on any atom is -0.462 e. The van der Waals surface area contributed by atoms with Gasteiger partial charge in [-0.2, -0.15) is 0 Å². The maximum absolute atomic E-state index is 12.8. The summed E-state index contributed by atoms with van der Waals surface area (Å²) < 4.78 is 16.8. The number of carbonyl (C=O) groups is 3. The fraction of sp³-hybridized carbons (Fsp3) is 0.667. The Labute approximate surface area is 387 Å². The van der Waals surface area contributed by atoms with Gasteiger partial charge in [0.05, 0.1) is 0 Å². The molecule has 0 aromatic rings. The van der Waals surface area contributed by atoms with E-state index in [1.54, 1.807) is 0 Å². The van der Waals surface area contributed by atoms with Gasteiger partial charge in [0.15, 0.2) is 6.10 Å². The molecule has 0 spiro atoms. The monoisotopic (exact) mass is 875 g/mol. The van der Waals surface area contributed by atoms with Crippen LogP contribution in [0.3, 0.4) is 0 Å². The van der Waals surface area contributed by atoms with Gasteiger partial charge in [-0.15, -0.1) is 0 Å². The molecule has 0 radical (unpaired) electrons. The van der Waals surface area contributed by atoms with Crippen molar-refractivity contribution in [3.05, 3.63) is 97.2 Å². The topological polar surface area (TPSA) is 78.9 Å². The number of carbonyl (C=O) groups excluding carboxylic acids is 3. The highest BCUT2D eigenvalue weighted by molar-refractivity contribution is 5.71. The van der Waals surface area contributed by atoms with Crippen LogP contribution in [0.5, 0.6) is 0 Å². The third-order valence-electron chi connectivity index (χ3n) is 10.7. The molecule has 6 nitrogen and oxygen atoms in total. The Morgan fingerprint density at radius 1 is 0.333 bits per heavy atom. The van der Waals surface area contributed by atoms with Crippen LogP contribution >= 0.6 is 0 Å². The smallest absolute Gasteiger partial charge is 0.306 e. The second-order valence-electron chi connectivity index (χ2n) is 16.9. The van der Waals surface area contributed by atoms with Crippen molar-refractivity contribution in [2.75, 3.05) is 13.2 Å². The van der Waals surface area contributed by atoms with Crippen molar-refractivity contribution < 1.29 is 28.6 Å². The van der Waals surface area contributed by atoms with Crippen molar-refractivity contribution in [3.63, 3.8) is 0 Å². The van der Waals surface area contributed by atoms with E-state index in [1.807, 2.05) is 24.3 Å². The van der Waals surface area contributed by atoms with Crippen LogP contribution in [0.4, 0.5) is 0 Å². The Kier molecular flexibility index (Phi) is 48.0. The number of rotatable bonds is 45. The van der Waals surface area contributed by atoms with E-state index in [9.17, 15) is 14.4 Å². The van der Waals surface area contributed by atoms with E-state index in [-0.39, 0.29) is 31.1 Å². The number of hydrogen-bond donors (Lipinski definition) is 0. The van der Waals surface area contributed by atoms with Crippen molar-refractivity contribution in [1.82, 2.24) is 0 Å². The van der Waals surface area contributed by atoms with Crippen LogP contribution in [0.15, 0.2) is 97.2 Å². The lowest BCUT2D eigenvalue weighted by Crippen LogP contribution is -2.30. The van der Waals surface area contributed by atoms with E-state index in [0.717, 1.165) is 109 Å². The maximum Gasteiger partial charge on any atom is 0.306 e. The fourth-order valence-corrected chi connectivity index (χ4v) is 6.88. The molecule has 0 rings (SSSR count). The lowest BCUT2D eigenvalue weighted by molar-refractivity contribution is -0.167. The van der Waals surface area contributed by atoms with Crippen molar-refractivity contribution in [1.29, 1.82) is 0 Å². The summed E-state index contributed by atoms with van der Waals surface area (Å²) in [6, 6.07) is 0. The molecule has 358 valence electrons. The van der Waals surface area contributed by atoms with Crippen LogP contribution in [-0.4, -0.2) is 37.2 Å². The van der Waals surface area contributed by atoms with E-state index in [4.69, 9.17) is 14.2 Å². The quantitative estimate of drug-likeness (QED) is 0.0262. The molecule has 1 atom stereocenters. The Morgan fingerprint density at radius 3 is 1.03 bits per heavy atom. The number of esters is 3. The molecule has 0 bridgehead atoms. The van der Waals surface area contributed by atoms with E-state index in [1.165, 1.54) is 77.0 Å². The van der Waals surface area contributed by atoms with E-state index in [0.29, 0.717) is 19.3 Å². The first kappa shape index (κ1) is 59.3. The maximum atomic E-state index is 12.8. The van der Waals surface area contributed by atoms with Gasteiger partial charge in [-0.1, -0.05) is 246 Å². The van der Waals surface area contributed by atoms with Crippen molar-refractivity contribution in [2.45, 2.75) is 232 Å². The summed E-state index contributed by atoms with van der Waals surface area (Å²) in [5.74, 6) is -0.941. The molecule has 0 fully saturated rings. The van der Waals surface area contributed by atoms with Gasteiger partial charge in [0.1, 0.15) is 13.2 Å². The predicted molar refractivity (Wildman–Crippen MR) is 270 cm³/mol. The van der Waals surface area contributed by atoms with Crippen LogP contribution < -0.4 is 0 Å². The number of unbranched alkanes of at least 4 members (excludes halogenated alkanes) is 24. The summed E-state index contributed by atoms with van der Waals surface area (Å²) in [7, 11) is 0. The molecule has 1 unspecified atom stereocenters. The molecule has 0 aliphatic heterocycles. The molecule has 6 heteroatoms. The Hall–Kier alpha value is -3.67. The average molecular weight is 875 g/mol. The molecular weight excluding hydrogens is 781 g/mol. The fourth-order valence-electron chi connectivity index (χ4n) is 6.88. The summed E-state index contributed by atoms with van der Waals surface area (Å²) in [6.45, 7) is 6.37. The molecule has 0 aliphatic carbocycles. The summed E-state index contributed by atoms with van der Waals surface area (Å²) in [5, 5.41) is 0. The lowest BCUT2D eigenvalue weighted by atomic mass is 10.0. The van der Waals surface area contributed by atoms with Crippen LogP contribution in [-0.2, 0) is 28.6 Å². The number of allylic oxidation sites excluding steroid dienone is 16. The predicted octanol–water partition coefficient (Wildman–Crippen LogP) is 17.0. The zero-order valence-electron chi connectivity index (χ0n) is 40.8. The molecule has 0 amide bonds. The van der Waals surface area contributed by atoms with E-state index in [2.05, 4.69) is 93.7 Å². The van der Waals surface area contributed by atoms with Crippen LogP contribution in [0.25, 0.3) is 0 Å². The van der Waals surface area contributed by atoms with Gasteiger partial charge in [-0.3, -0.25) is 14.4 Å². The number of ether oxygens (including phenoxy) is 3. The molecule has 63 heavy (non-hydrogen) atoms. The zero-order valence-corrected chi connectivity index (χ0v) is 40.8. The number of hydrogen-bond acceptors (Lipinski definition) is 6. The summed E-state index contributed by atoms with van der Waals surface area (Å²) in [5.41, 5.74) is 0. The molecular formula is C57H94O6. The third kappa shape index (κ3) is 49.2. The van der Waals surface area contributed by atoms with Crippen LogP contribution in [0, 0.1) is 0 Å². The first-order valence-corrected chi connectivity index (χ1v) is 25.8. The van der Waals surface area contributed by atoms with Gasteiger partial charge in [-0.25, -0.2) is 0 Å². The second-order valence-corrected chi connectivity index (χ2v) is 16.9.